The Bertz CT molecular complexity index is 319. The molecule has 2 rings (SSSR count). The minimum Gasteiger partial charge on any atom is -2.00 e. The van der Waals surface area contributed by atoms with Crippen LogP contribution in [0.1, 0.15) is 0 Å². The molecule has 0 aliphatic carbocycles. The van der Waals surface area contributed by atoms with Gasteiger partial charge in [-0.15, -0.1) is 0 Å². The zero-order chi connectivity index (χ0) is 8.23. The summed E-state index contributed by atoms with van der Waals surface area (Å²) >= 11 is 0. The molecule has 0 aliphatic rings. The standard InChI is InChI=1S/C10H8N2.H2O.O.V/c1-3-7-11-9(5-1)10-6-2-4-8-12-10;;;/h1-8H;1H2;;/q;;-2;+4/p-1. The predicted octanol–water partition coefficient (Wildman–Crippen LogP) is 1.85. The molecule has 2 heterocycles. The Morgan fingerprint density at radius 3 is 1.40 bits per heavy atom. The summed E-state index contributed by atoms with van der Waals surface area (Å²) in [5, 5.41) is 0. The van der Waals surface area contributed by atoms with Crippen LogP contribution in [0.5, 0.6) is 0 Å². The van der Waals surface area contributed by atoms with Gasteiger partial charge in [0.05, 0.1) is 11.4 Å². The van der Waals surface area contributed by atoms with Crippen molar-refractivity contribution >= 4 is 0 Å². The van der Waals surface area contributed by atoms with Crippen LogP contribution in [-0.2, 0) is 24.0 Å². The predicted molar refractivity (Wildman–Crippen MR) is 50.1 cm³/mol. The Morgan fingerprint density at radius 1 is 0.733 bits per heavy atom. The van der Waals surface area contributed by atoms with E-state index in [1.807, 2.05) is 36.4 Å². The summed E-state index contributed by atoms with van der Waals surface area (Å²) in [4.78, 5) is 8.37. The van der Waals surface area contributed by atoms with E-state index in [-0.39, 0.29) is 29.5 Å². The molecule has 2 aromatic rings. The summed E-state index contributed by atoms with van der Waals surface area (Å²) in [5.41, 5.74) is 1.83. The molecule has 75 valence electrons. The molecule has 0 unspecified atom stereocenters. The number of nitrogens with zero attached hydrogens (tertiary/aromatic N) is 2. The number of rotatable bonds is 1. The van der Waals surface area contributed by atoms with E-state index in [1.54, 1.807) is 12.4 Å². The van der Waals surface area contributed by atoms with Gasteiger partial charge in [0, 0.05) is 12.4 Å². The first-order valence-electron chi connectivity index (χ1n) is 3.79. The van der Waals surface area contributed by atoms with E-state index in [1.165, 1.54) is 0 Å². The first kappa shape index (κ1) is 16.2. The SMILES string of the molecule is [O-2].[OH-].[V+4].c1ccc(-c2ccccn2)nc1. The minimum atomic E-state index is 0. The van der Waals surface area contributed by atoms with Crippen LogP contribution in [0.2, 0.25) is 0 Å². The topological polar surface area (TPSA) is 84.3 Å². The normalized spacial score (nSPS) is 7.73. The first-order valence-corrected chi connectivity index (χ1v) is 3.79. The second kappa shape index (κ2) is 8.14. The maximum absolute atomic E-state index is 4.19. The molecule has 0 bridgehead atoms. The molecule has 1 N–H and O–H groups in total. The molecule has 15 heavy (non-hydrogen) atoms. The van der Waals surface area contributed by atoms with Crippen LogP contribution in [0.25, 0.3) is 11.4 Å². The van der Waals surface area contributed by atoms with Crippen LogP contribution in [0, 0.1) is 0 Å². The van der Waals surface area contributed by atoms with Gasteiger partial charge in [-0.3, -0.25) is 9.97 Å². The van der Waals surface area contributed by atoms with E-state index in [0.29, 0.717) is 0 Å². The van der Waals surface area contributed by atoms with Gasteiger partial charge in [0.15, 0.2) is 0 Å². The summed E-state index contributed by atoms with van der Waals surface area (Å²) < 4.78 is 0. The van der Waals surface area contributed by atoms with Gasteiger partial charge < -0.3 is 11.0 Å². The molecular formula is C10H9N2O2V+. The van der Waals surface area contributed by atoms with Crippen molar-refractivity contribution in [3.63, 3.8) is 0 Å². The van der Waals surface area contributed by atoms with Crippen molar-refractivity contribution < 1.29 is 29.5 Å². The van der Waals surface area contributed by atoms with Crippen LogP contribution in [0.4, 0.5) is 0 Å². The van der Waals surface area contributed by atoms with E-state index >= 15 is 0 Å². The van der Waals surface area contributed by atoms with Crippen LogP contribution >= 0.6 is 0 Å². The largest absolute Gasteiger partial charge is 4.00 e. The van der Waals surface area contributed by atoms with Crippen LogP contribution < -0.4 is 0 Å². The van der Waals surface area contributed by atoms with Gasteiger partial charge in [-0.25, -0.2) is 0 Å². The van der Waals surface area contributed by atoms with Crippen molar-refractivity contribution in [2.45, 2.75) is 0 Å². The molecule has 4 nitrogen and oxygen atoms in total. The van der Waals surface area contributed by atoms with Gasteiger partial charge in [0.25, 0.3) is 0 Å². The zero-order valence-corrected chi connectivity index (χ0v) is 9.21. The second-order valence-electron chi connectivity index (χ2n) is 2.43. The van der Waals surface area contributed by atoms with E-state index in [9.17, 15) is 0 Å². The van der Waals surface area contributed by atoms with Crippen molar-refractivity contribution in [2.75, 3.05) is 0 Å². The van der Waals surface area contributed by atoms with Crippen LogP contribution in [0.3, 0.4) is 0 Å². The average Bonchev–Trinajstić information content (AvgIpc) is 2.21. The molecule has 1 radical (unpaired) electrons. The van der Waals surface area contributed by atoms with Gasteiger partial charge in [0.1, 0.15) is 0 Å². The van der Waals surface area contributed by atoms with E-state index < -0.39 is 0 Å². The van der Waals surface area contributed by atoms with Crippen LogP contribution in [-0.4, -0.2) is 15.4 Å². The Labute approximate surface area is 99.9 Å². The second-order valence-corrected chi connectivity index (χ2v) is 2.43. The fourth-order valence-corrected chi connectivity index (χ4v) is 1.03. The molecule has 0 saturated heterocycles. The molecule has 0 spiro atoms. The fraction of sp³-hybridized carbons (Fsp3) is 0. The average molecular weight is 240 g/mol. The van der Waals surface area contributed by atoms with E-state index in [2.05, 4.69) is 9.97 Å². The molecule has 0 aliphatic heterocycles. The molecule has 5 heteroatoms. The van der Waals surface area contributed by atoms with E-state index in [4.69, 9.17) is 0 Å². The third-order valence-electron chi connectivity index (χ3n) is 1.59. The van der Waals surface area contributed by atoms with Gasteiger partial charge in [-0.1, -0.05) is 12.1 Å². The minimum absolute atomic E-state index is 0. The fourth-order valence-electron chi connectivity index (χ4n) is 1.03. The monoisotopic (exact) mass is 240 g/mol. The smallest absolute Gasteiger partial charge is 2.00 e. The number of hydrogen-bond acceptors (Lipinski definition) is 3. The van der Waals surface area contributed by atoms with Gasteiger partial charge in [0.2, 0.25) is 0 Å². The third-order valence-corrected chi connectivity index (χ3v) is 1.59. The number of hydrogen-bond donors (Lipinski definition) is 0. The first-order chi connectivity index (χ1) is 5.97. The van der Waals surface area contributed by atoms with Crippen molar-refractivity contribution in [1.29, 1.82) is 0 Å². The Kier molecular flexibility index (Phi) is 8.82. The van der Waals surface area contributed by atoms with Gasteiger partial charge in [-0.05, 0) is 24.3 Å². The third kappa shape index (κ3) is 4.23. The Hall–Kier alpha value is -1.20. The molecular weight excluding hydrogens is 231 g/mol. The van der Waals surface area contributed by atoms with Gasteiger partial charge in [-0.2, -0.15) is 0 Å². The molecule has 2 aromatic heterocycles. The summed E-state index contributed by atoms with van der Waals surface area (Å²) in [6, 6.07) is 11.6. The zero-order valence-electron chi connectivity index (χ0n) is 7.82. The van der Waals surface area contributed by atoms with Crippen molar-refractivity contribution in [3.8, 4) is 11.4 Å². The number of aromatic nitrogens is 2. The number of pyridine rings is 2. The summed E-state index contributed by atoms with van der Waals surface area (Å²) in [5.74, 6) is 0. The molecule has 0 fully saturated rings. The van der Waals surface area contributed by atoms with Gasteiger partial charge >= 0.3 is 18.6 Å². The van der Waals surface area contributed by atoms with Crippen molar-refractivity contribution in [3.05, 3.63) is 48.8 Å². The maximum atomic E-state index is 4.19. The van der Waals surface area contributed by atoms with E-state index in [0.717, 1.165) is 11.4 Å². The van der Waals surface area contributed by atoms with Crippen molar-refractivity contribution in [2.24, 2.45) is 0 Å². The summed E-state index contributed by atoms with van der Waals surface area (Å²) in [7, 11) is 0. The Morgan fingerprint density at radius 2 is 1.13 bits per heavy atom. The molecule has 0 saturated carbocycles. The molecule has 0 amide bonds. The quantitative estimate of drug-likeness (QED) is 0.762. The van der Waals surface area contributed by atoms with Crippen LogP contribution in [0.15, 0.2) is 48.8 Å². The summed E-state index contributed by atoms with van der Waals surface area (Å²) in [6.45, 7) is 0. The maximum Gasteiger partial charge on any atom is 4.00 e. The Balaban J connectivity index is 0. The van der Waals surface area contributed by atoms with Crippen molar-refractivity contribution in [1.82, 2.24) is 9.97 Å². The molecule has 0 aromatic carbocycles. The molecule has 0 atom stereocenters. The summed E-state index contributed by atoms with van der Waals surface area (Å²) in [6.07, 6.45) is 3.54.